The Balaban J connectivity index is 1.83. The average molecular weight is 343 g/mol. The fraction of sp³-hybridized carbons (Fsp3) is 0.400. The molecule has 2 aromatic rings. The van der Waals surface area contributed by atoms with Crippen molar-refractivity contribution in [3.63, 3.8) is 0 Å². The number of fused-ring (bicyclic) bond motifs is 3. The Labute approximate surface area is 146 Å². The average Bonchev–Trinajstić information content (AvgIpc) is 2.99. The van der Waals surface area contributed by atoms with Gasteiger partial charge in [0.05, 0.1) is 20.3 Å². The Morgan fingerprint density at radius 2 is 1.76 bits per heavy atom. The zero-order valence-electron chi connectivity index (χ0n) is 14.5. The maximum atomic E-state index is 13.3. The van der Waals surface area contributed by atoms with Gasteiger partial charge in [0.2, 0.25) is 0 Å². The maximum absolute atomic E-state index is 13.3. The van der Waals surface area contributed by atoms with E-state index in [0.29, 0.717) is 17.9 Å². The van der Waals surface area contributed by atoms with Crippen LogP contribution in [0.1, 0.15) is 29.2 Å². The van der Waals surface area contributed by atoms with Gasteiger partial charge in [0.15, 0.2) is 11.5 Å². The zero-order valence-corrected chi connectivity index (χ0v) is 14.5. The van der Waals surface area contributed by atoms with Gasteiger partial charge in [0.1, 0.15) is 11.4 Å². The Morgan fingerprint density at radius 3 is 2.44 bits per heavy atom. The van der Waals surface area contributed by atoms with Crippen LogP contribution in [0.15, 0.2) is 36.4 Å². The molecule has 0 spiro atoms. The smallest absolute Gasteiger partial charge is 0.161 e. The molecule has 2 atom stereocenters. The van der Waals surface area contributed by atoms with Gasteiger partial charge in [-0.3, -0.25) is 4.90 Å². The van der Waals surface area contributed by atoms with Gasteiger partial charge in [-0.25, -0.2) is 4.39 Å². The van der Waals surface area contributed by atoms with E-state index in [0.717, 1.165) is 30.6 Å². The van der Waals surface area contributed by atoms with E-state index in [4.69, 9.17) is 9.47 Å². The summed E-state index contributed by atoms with van der Waals surface area (Å²) in [5.74, 6) is 1.08. The number of benzene rings is 2. The van der Waals surface area contributed by atoms with Gasteiger partial charge in [-0.15, -0.1) is 0 Å². The van der Waals surface area contributed by atoms with Crippen molar-refractivity contribution < 1.29 is 19.0 Å². The molecular formula is C20H22FNO3. The lowest BCUT2D eigenvalue weighted by Gasteiger charge is -2.39. The van der Waals surface area contributed by atoms with Crippen LogP contribution in [0.5, 0.6) is 11.5 Å². The third kappa shape index (κ3) is 2.50. The fourth-order valence-corrected chi connectivity index (χ4v) is 4.29. The number of aliphatic hydroxyl groups is 1. The van der Waals surface area contributed by atoms with E-state index in [2.05, 4.69) is 4.90 Å². The molecule has 4 rings (SSSR count). The highest BCUT2D eigenvalue weighted by molar-refractivity contribution is 5.51. The van der Waals surface area contributed by atoms with Crippen LogP contribution in [0.4, 0.5) is 4.39 Å². The Bertz CT molecular complexity index is 792. The first kappa shape index (κ1) is 16.4. The molecule has 2 unspecified atom stereocenters. The summed E-state index contributed by atoms with van der Waals surface area (Å²) in [5.41, 5.74) is 1.95. The quantitative estimate of drug-likeness (QED) is 0.930. The van der Waals surface area contributed by atoms with Crippen molar-refractivity contribution in [2.24, 2.45) is 0 Å². The Kier molecular flexibility index (Phi) is 3.93. The molecule has 0 amide bonds. The molecule has 1 saturated heterocycles. The highest BCUT2D eigenvalue weighted by atomic mass is 19.1. The summed E-state index contributed by atoms with van der Waals surface area (Å²) in [7, 11) is 3.25. The first-order valence-corrected chi connectivity index (χ1v) is 8.54. The second kappa shape index (κ2) is 6.00. The van der Waals surface area contributed by atoms with Gasteiger partial charge >= 0.3 is 0 Å². The molecule has 132 valence electrons. The van der Waals surface area contributed by atoms with E-state index in [1.54, 1.807) is 26.4 Å². The molecule has 0 radical (unpaired) electrons. The van der Waals surface area contributed by atoms with E-state index in [-0.39, 0.29) is 11.9 Å². The minimum Gasteiger partial charge on any atom is -0.493 e. The summed E-state index contributed by atoms with van der Waals surface area (Å²) in [5, 5.41) is 11.5. The third-order valence-corrected chi connectivity index (χ3v) is 5.55. The van der Waals surface area contributed by atoms with Gasteiger partial charge in [-0.05, 0) is 53.8 Å². The van der Waals surface area contributed by atoms with Gasteiger partial charge in [-0.2, -0.15) is 0 Å². The molecule has 5 heteroatoms. The first-order chi connectivity index (χ1) is 12.1. The van der Waals surface area contributed by atoms with Gasteiger partial charge in [-0.1, -0.05) is 12.1 Å². The molecule has 2 aliphatic rings. The van der Waals surface area contributed by atoms with E-state index < -0.39 is 5.60 Å². The highest BCUT2D eigenvalue weighted by Gasteiger charge is 2.50. The number of hydrogen-bond acceptors (Lipinski definition) is 4. The molecular weight excluding hydrogens is 321 g/mol. The van der Waals surface area contributed by atoms with Crippen LogP contribution < -0.4 is 9.47 Å². The lowest BCUT2D eigenvalue weighted by molar-refractivity contribution is -0.00590. The molecule has 2 aromatic carbocycles. The van der Waals surface area contributed by atoms with Crippen LogP contribution in [-0.2, 0) is 12.0 Å². The number of nitrogens with zero attached hydrogens (tertiary/aromatic N) is 1. The predicted octanol–water partition coefficient (Wildman–Crippen LogP) is 3.03. The predicted molar refractivity (Wildman–Crippen MR) is 92.5 cm³/mol. The monoisotopic (exact) mass is 343 g/mol. The van der Waals surface area contributed by atoms with Crippen molar-refractivity contribution in [3.05, 3.63) is 58.9 Å². The molecule has 4 nitrogen and oxygen atoms in total. The molecule has 25 heavy (non-hydrogen) atoms. The third-order valence-electron chi connectivity index (χ3n) is 5.55. The minimum atomic E-state index is -1.04. The number of methoxy groups -OCH3 is 2. The number of halogens is 1. The summed E-state index contributed by atoms with van der Waals surface area (Å²) in [6.07, 6.45) is 1.53. The molecule has 0 aromatic heterocycles. The van der Waals surface area contributed by atoms with Crippen LogP contribution in [0.2, 0.25) is 0 Å². The van der Waals surface area contributed by atoms with E-state index in [1.165, 1.54) is 17.7 Å². The maximum Gasteiger partial charge on any atom is 0.161 e. The minimum absolute atomic E-state index is 0.165. The molecule has 1 fully saturated rings. The normalized spacial score (nSPS) is 25.4. The number of ether oxygens (including phenoxy) is 2. The largest absolute Gasteiger partial charge is 0.493 e. The van der Waals surface area contributed by atoms with Crippen molar-refractivity contribution in [2.75, 3.05) is 27.3 Å². The van der Waals surface area contributed by atoms with Crippen LogP contribution >= 0.6 is 0 Å². The Hall–Kier alpha value is -2.11. The second-order valence-electron chi connectivity index (χ2n) is 6.78. The zero-order chi connectivity index (χ0) is 17.6. The first-order valence-electron chi connectivity index (χ1n) is 8.54. The lowest BCUT2D eigenvalue weighted by atomic mass is 9.79. The standard InChI is InChI=1S/C20H22FNO3/c1-24-17-11-13-7-9-22-10-8-20(23,14-3-5-15(21)6-4-14)19(22)16(13)12-18(17)25-2/h3-6,11-12,19,23H,7-10H2,1-2H3. The van der Waals surface area contributed by atoms with Gasteiger partial charge in [0.25, 0.3) is 0 Å². The van der Waals surface area contributed by atoms with E-state index >= 15 is 0 Å². The molecule has 0 saturated carbocycles. The summed E-state index contributed by atoms with van der Waals surface area (Å²) < 4.78 is 24.2. The van der Waals surface area contributed by atoms with E-state index in [1.807, 2.05) is 12.1 Å². The van der Waals surface area contributed by atoms with Crippen molar-refractivity contribution >= 4 is 0 Å². The van der Waals surface area contributed by atoms with Crippen molar-refractivity contribution in [1.82, 2.24) is 4.90 Å². The second-order valence-corrected chi connectivity index (χ2v) is 6.78. The summed E-state index contributed by atoms with van der Waals surface area (Å²) in [4.78, 5) is 2.30. The SMILES string of the molecule is COc1cc2c(cc1OC)C1N(CC2)CCC1(O)c1ccc(F)cc1. The lowest BCUT2D eigenvalue weighted by Crippen LogP contribution is -2.39. The Morgan fingerprint density at radius 1 is 1.08 bits per heavy atom. The molecule has 2 heterocycles. The summed E-state index contributed by atoms with van der Waals surface area (Å²) in [6, 6.07) is 10.0. The summed E-state index contributed by atoms with van der Waals surface area (Å²) in [6.45, 7) is 1.70. The van der Waals surface area contributed by atoms with Gasteiger partial charge < -0.3 is 14.6 Å². The van der Waals surface area contributed by atoms with Crippen LogP contribution in [0, 0.1) is 5.82 Å². The van der Waals surface area contributed by atoms with Crippen LogP contribution in [0.25, 0.3) is 0 Å². The van der Waals surface area contributed by atoms with E-state index in [9.17, 15) is 9.50 Å². The fourth-order valence-electron chi connectivity index (χ4n) is 4.29. The molecule has 0 aliphatic carbocycles. The van der Waals surface area contributed by atoms with Crippen molar-refractivity contribution in [2.45, 2.75) is 24.5 Å². The number of hydrogen-bond donors (Lipinski definition) is 1. The topological polar surface area (TPSA) is 41.9 Å². The number of rotatable bonds is 3. The molecule has 2 aliphatic heterocycles. The molecule has 1 N–H and O–H groups in total. The summed E-state index contributed by atoms with van der Waals surface area (Å²) >= 11 is 0. The van der Waals surface area contributed by atoms with Gasteiger partial charge in [0, 0.05) is 13.1 Å². The highest BCUT2D eigenvalue weighted by Crippen LogP contribution is 2.51. The van der Waals surface area contributed by atoms with Crippen LogP contribution in [-0.4, -0.2) is 37.3 Å². The van der Waals surface area contributed by atoms with Crippen molar-refractivity contribution in [1.29, 1.82) is 0 Å². The van der Waals surface area contributed by atoms with Crippen LogP contribution in [0.3, 0.4) is 0 Å². The molecule has 0 bridgehead atoms. The van der Waals surface area contributed by atoms with Crippen molar-refractivity contribution in [3.8, 4) is 11.5 Å².